The molecule has 0 saturated heterocycles. The van der Waals surface area contributed by atoms with Crippen LogP contribution in [-0.4, -0.2) is 9.97 Å². The van der Waals surface area contributed by atoms with Gasteiger partial charge in [0.15, 0.2) is 0 Å². The molecule has 3 rings (SSSR count). The molecular formula is C19H18N2O. The summed E-state index contributed by atoms with van der Waals surface area (Å²) in [5, 5.41) is 0. The van der Waals surface area contributed by atoms with Crippen LogP contribution in [0.15, 0.2) is 54.9 Å². The highest BCUT2D eigenvalue weighted by atomic mass is 16.5. The third-order valence-electron chi connectivity index (χ3n) is 3.59. The van der Waals surface area contributed by atoms with E-state index in [0.29, 0.717) is 6.01 Å². The average molecular weight is 290 g/mol. The fourth-order valence-corrected chi connectivity index (χ4v) is 2.59. The summed E-state index contributed by atoms with van der Waals surface area (Å²) in [5.41, 5.74) is 5.73. The molecule has 22 heavy (non-hydrogen) atoms. The van der Waals surface area contributed by atoms with Gasteiger partial charge in [-0.2, -0.15) is 0 Å². The van der Waals surface area contributed by atoms with E-state index in [1.165, 1.54) is 16.7 Å². The monoisotopic (exact) mass is 290 g/mol. The van der Waals surface area contributed by atoms with E-state index < -0.39 is 0 Å². The Bertz CT molecular complexity index is 798. The summed E-state index contributed by atoms with van der Waals surface area (Å²) in [7, 11) is 0. The molecule has 0 bridgehead atoms. The van der Waals surface area contributed by atoms with Crippen LogP contribution >= 0.6 is 0 Å². The lowest BCUT2D eigenvalue weighted by molar-refractivity contribution is 0.440. The maximum absolute atomic E-state index is 5.98. The zero-order valence-corrected chi connectivity index (χ0v) is 13.0. The van der Waals surface area contributed by atoms with E-state index >= 15 is 0 Å². The van der Waals surface area contributed by atoms with Gasteiger partial charge in [-0.25, -0.2) is 9.97 Å². The maximum Gasteiger partial charge on any atom is 0.321 e. The van der Waals surface area contributed by atoms with Crippen molar-refractivity contribution in [1.82, 2.24) is 9.97 Å². The van der Waals surface area contributed by atoms with Crippen LogP contribution in [0.2, 0.25) is 0 Å². The summed E-state index contributed by atoms with van der Waals surface area (Å²) in [6.45, 7) is 6.25. The first-order chi connectivity index (χ1) is 10.6. The van der Waals surface area contributed by atoms with Gasteiger partial charge in [0.25, 0.3) is 0 Å². The number of aryl methyl sites for hydroxylation is 3. The molecule has 0 spiro atoms. The van der Waals surface area contributed by atoms with Crippen LogP contribution in [0.3, 0.4) is 0 Å². The maximum atomic E-state index is 5.98. The molecule has 0 radical (unpaired) electrons. The van der Waals surface area contributed by atoms with E-state index in [1.807, 2.05) is 19.1 Å². The van der Waals surface area contributed by atoms with E-state index in [4.69, 9.17) is 4.74 Å². The van der Waals surface area contributed by atoms with Crippen LogP contribution in [0, 0.1) is 20.8 Å². The van der Waals surface area contributed by atoms with Gasteiger partial charge in [-0.3, -0.25) is 0 Å². The Morgan fingerprint density at radius 3 is 2.23 bits per heavy atom. The molecule has 110 valence electrons. The molecule has 3 heteroatoms. The average Bonchev–Trinajstić information content (AvgIpc) is 2.51. The minimum absolute atomic E-state index is 0.365. The SMILES string of the molecule is Cc1cc(C)c(Oc2ncccn2)c(-c2ccccc2C)c1. The standard InChI is InChI=1S/C19H18N2O/c1-13-11-15(3)18(22-19-20-9-6-10-21-19)17(12-13)16-8-5-4-7-14(16)2/h4-12H,1-3H3. The fraction of sp³-hybridized carbons (Fsp3) is 0.158. The van der Waals surface area contributed by atoms with Crippen LogP contribution in [0.1, 0.15) is 16.7 Å². The summed E-state index contributed by atoms with van der Waals surface area (Å²) in [4.78, 5) is 8.32. The molecule has 0 unspecified atom stereocenters. The largest absolute Gasteiger partial charge is 0.423 e. The summed E-state index contributed by atoms with van der Waals surface area (Å²) >= 11 is 0. The van der Waals surface area contributed by atoms with Crippen molar-refractivity contribution in [3.8, 4) is 22.9 Å². The third-order valence-corrected chi connectivity index (χ3v) is 3.59. The molecule has 0 aliphatic carbocycles. The molecule has 1 heterocycles. The zero-order chi connectivity index (χ0) is 15.5. The van der Waals surface area contributed by atoms with Gasteiger partial charge in [-0.05, 0) is 55.2 Å². The number of rotatable bonds is 3. The van der Waals surface area contributed by atoms with Gasteiger partial charge in [-0.1, -0.05) is 30.3 Å². The molecule has 0 fully saturated rings. The van der Waals surface area contributed by atoms with Crippen LogP contribution < -0.4 is 4.74 Å². The van der Waals surface area contributed by atoms with Gasteiger partial charge < -0.3 is 4.74 Å². The Morgan fingerprint density at radius 2 is 1.50 bits per heavy atom. The van der Waals surface area contributed by atoms with Crippen LogP contribution in [-0.2, 0) is 0 Å². The van der Waals surface area contributed by atoms with Gasteiger partial charge >= 0.3 is 6.01 Å². The van der Waals surface area contributed by atoms with Gasteiger partial charge in [0.1, 0.15) is 5.75 Å². The second-order valence-corrected chi connectivity index (χ2v) is 5.41. The van der Waals surface area contributed by atoms with Crippen molar-refractivity contribution in [3.05, 3.63) is 71.5 Å². The first-order valence-electron chi connectivity index (χ1n) is 7.27. The molecule has 0 saturated carbocycles. The summed E-state index contributed by atoms with van der Waals surface area (Å²) in [5.74, 6) is 0.811. The van der Waals surface area contributed by atoms with Crippen molar-refractivity contribution in [3.63, 3.8) is 0 Å². The highest BCUT2D eigenvalue weighted by Crippen LogP contribution is 2.37. The Morgan fingerprint density at radius 1 is 0.773 bits per heavy atom. The fourth-order valence-electron chi connectivity index (χ4n) is 2.59. The van der Waals surface area contributed by atoms with Crippen molar-refractivity contribution in [2.24, 2.45) is 0 Å². The molecule has 3 aromatic rings. The highest BCUT2D eigenvalue weighted by Gasteiger charge is 2.14. The van der Waals surface area contributed by atoms with Crippen molar-refractivity contribution in [2.45, 2.75) is 20.8 Å². The number of benzene rings is 2. The number of ether oxygens (including phenoxy) is 1. The zero-order valence-electron chi connectivity index (χ0n) is 13.0. The van der Waals surface area contributed by atoms with Gasteiger partial charge in [0, 0.05) is 18.0 Å². The number of hydrogen-bond donors (Lipinski definition) is 0. The summed E-state index contributed by atoms with van der Waals surface area (Å²) in [6, 6.07) is 14.7. The first kappa shape index (κ1) is 14.3. The number of hydrogen-bond acceptors (Lipinski definition) is 3. The molecule has 0 amide bonds. The molecule has 2 aromatic carbocycles. The normalized spacial score (nSPS) is 10.5. The van der Waals surface area contributed by atoms with E-state index in [0.717, 1.165) is 16.9 Å². The Labute approximate surface area is 130 Å². The van der Waals surface area contributed by atoms with Crippen molar-refractivity contribution in [1.29, 1.82) is 0 Å². The first-order valence-corrected chi connectivity index (χ1v) is 7.27. The minimum Gasteiger partial charge on any atom is -0.423 e. The van der Waals surface area contributed by atoms with E-state index in [2.05, 4.69) is 48.1 Å². The van der Waals surface area contributed by atoms with Crippen molar-refractivity contribution in [2.75, 3.05) is 0 Å². The van der Waals surface area contributed by atoms with Gasteiger partial charge in [0.05, 0.1) is 0 Å². The Balaban J connectivity index is 2.15. The van der Waals surface area contributed by atoms with Crippen molar-refractivity contribution < 1.29 is 4.74 Å². The quantitative estimate of drug-likeness (QED) is 0.691. The summed E-state index contributed by atoms with van der Waals surface area (Å²) < 4.78 is 5.98. The lowest BCUT2D eigenvalue weighted by Crippen LogP contribution is -1.97. The topological polar surface area (TPSA) is 35.0 Å². The van der Waals surface area contributed by atoms with Crippen LogP contribution in [0.25, 0.3) is 11.1 Å². The van der Waals surface area contributed by atoms with Gasteiger partial charge in [-0.15, -0.1) is 0 Å². The number of aromatic nitrogens is 2. The lowest BCUT2D eigenvalue weighted by atomic mass is 9.96. The molecule has 0 aliphatic heterocycles. The highest BCUT2D eigenvalue weighted by molar-refractivity contribution is 5.75. The summed E-state index contributed by atoms with van der Waals surface area (Å²) in [6.07, 6.45) is 3.36. The third kappa shape index (κ3) is 2.84. The molecule has 3 nitrogen and oxygen atoms in total. The molecule has 0 atom stereocenters. The predicted octanol–water partition coefficient (Wildman–Crippen LogP) is 4.86. The smallest absolute Gasteiger partial charge is 0.321 e. The predicted molar refractivity (Wildman–Crippen MR) is 88.2 cm³/mol. The van der Waals surface area contributed by atoms with E-state index in [9.17, 15) is 0 Å². The molecular weight excluding hydrogens is 272 g/mol. The number of nitrogens with zero attached hydrogens (tertiary/aromatic N) is 2. The van der Waals surface area contributed by atoms with E-state index in [-0.39, 0.29) is 0 Å². The second-order valence-electron chi connectivity index (χ2n) is 5.41. The molecule has 0 N–H and O–H groups in total. The van der Waals surface area contributed by atoms with Crippen LogP contribution in [0.5, 0.6) is 11.8 Å². The minimum atomic E-state index is 0.365. The van der Waals surface area contributed by atoms with E-state index in [1.54, 1.807) is 18.5 Å². The Kier molecular flexibility index (Phi) is 3.88. The Hall–Kier alpha value is -2.68. The van der Waals surface area contributed by atoms with Gasteiger partial charge in [0.2, 0.25) is 0 Å². The lowest BCUT2D eigenvalue weighted by Gasteiger charge is -2.15. The van der Waals surface area contributed by atoms with Crippen molar-refractivity contribution >= 4 is 0 Å². The second kappa shape index (κ2) is 5.98. The molecule has 0 aliphatic rings. The van der Waals surface area contributed by atoms with Crippen LogP contribution in [0.4, 0.5) is 0 Å². The molecule has 1 aromatic heterocycles.